The molecule has 2 rings (SSSR count). The zero-order valence-corrected chi connectivity index (χ0v) is 12.7. The molecule has 1 fully saturated rings. The molecule has 6 nitrogen and oxygen atoms in total. The monoisotopic (exact) mass is 313 g/mol. The first-order valence-corrected chi connectivity index (χ1v) is 8.34. The molecule has 21 heavy (non-hydrogen) atoms. The smallest absolute Gasteiger partial charge is 0.338 e. The van der Waals surface area contributed by atoms with Gasteiger partial charge in [-0.2, -0.15) is 0 Å². The number of ether oxygens (including phenoxy) is 2. The zero-order chi connectivity index (χ0) is 15.5. The molecular weight excluding hydrogens is 294 g/mol. The molecule has 7 heteroatoms. The molecule has 1 aliphatic heterocycles. The largest absolute Gasteiger partial charge is 0.459 e. The summed E-state index contributed by atoms with van der Waals surface area (Å²) in [7, 11) is -3.85. The van der Waals surface area contributed by atoms with Crippen molar-refractivity contribution in [2.45, 2.75) is 37.2 Å². The highest BCUT2D eigenvalue weighted by Crippen LogP contribution is 2.16. The van der Waals surface area contributed by atoms with Gasteiger partial charge >= 0.3 is 5.97 Å². The van der Waals surface area contributed by atoms with E-state index in [4.69, 9.17) is 14.6 Å². The van der Waals surface area contributed by atoms with Gasteiger partial charge in [0.2, 0.25) is 10.0 Å². The standard InChI is InChI=1S/C14H19NO5S/c1-10-6-11(8-13(7-10)21(15,17)18)14(16)20-9-12-4-2-3-5-19-12/h6-8,12H,2-5,9H2,1H3,(H2,15,17,18). The normalized spacial score (nSPS) is 19.2. The summed E-state index contributed by atoms with van der Waals surface area (Å²) < 4.78 is 33.4. The number of hydrogen-bond acceptors (Lipinski definition) is 5. The van der Waals surface area contributed by atoms with E-state index >= 15 is 0 Å². The summed E-state index contributed by atoms with van der Waals surface area (Å²) in [6.45, 7) is 2.55. The minimum Gasteiger partial charge on any atom is -0.459 e. The maximum Gasteiger partial charge on any atom is 0.338 e. The predicted octanol–water partition coefficient (Wildman–Crippen LogP) is 1.37. The molecule has 1 unspecified atom stereocenters. The van der Waals surface area contributed by atoms with Crippen molar-refractivity contribution in [2.75, 3.05) is 13.2 Å². The van der Waals surface area contributed by atoms with Gasteiger partial charge in [0.1, 0.15) is 6.61 Å². The molecule has 1 aliphatic rings. The minimum atomic E-state index is -3.85. The number of primary sulfonamides is 1. The second kappa shape index (κ2) is 6.55. The number of rotatable bonds is 4. The van der Waals surface area contributed by atoms with Crippen LogP contribution in [-0.4, -0.2) is 33.7 Å². The lowest BCUT2D eigenvalue weighted by molar-refractivity contribution is -0.0300. The lowest BCUT2D eigenvalue weighted by atomic mass is 10.1. The molecule has 1 aromatic rings. The Bertz CT molecular complexity index is 620. The van der Waals surface area contributed by atoms with Crippen LogP contribution in [0.3, 0.4) is 0 Å². The third-order valence-corrected chi connectivity index (χ3v) is 4.18. The van der Waals surface area contributed by atoms with E-state index in [1.807, 2.05) is 0 Å². The van der Waals surface area contributed by atoms with Crippen LogP contribution in [0.15, 0.2) is 23.1 Å². The number of esters is 1. The van der Waals surface area contributed by atoms with Gasteiger partial charge in [0.25, 0.3) is 0 Å². The summed E-state index contributed by atoms with van der Waals surface area (Å²) in [5.74, 6) is -0.572. The molecule has 0 saturated carbocycles. The van der Waals surface area contributed by atoms with Crippen LogP contribution in [0.2, 0.25) is 0 Å². The van der Waals surface area contributed by atoms with Crippen molar-refractivity contribution in [3.63, 3.8) is 0 Å². The van der Waals surface area contributed by atoms with Crippen molar-refractivity contribution in [1.29, 1.82) is 0 Å². The van der Waals surface area contributed by atoms with Gasteiger partial charge in [-0.25, -0.2) is 18.4 Å². The average molecular weight is 313 g/mol. The van der Waals surface area contributed by atoms with Crippen molar-refractivity contribution in [2.24, 2.45) is 5.14 Å². The van der Waals surface area contributed by atoms with Gasteiger partial charge in [0.05, 0.1) is 16.6 Å². The van der Waals surface area contributed by atoms with E-state index in [1.165, 1.54) is 12.1 Å². The average Bonchev–Trinajstić information content (AvgIpc) is 2.44. The molecule has 1 atom stereocenters. The summed E-state index contributed by atoms with van der Waals surface area (Å²) in [6, 6.07) is 4.21. The van der Waals surface area contributed by atoms with E-state index in [2.05, 4.69) is 0 Å². The quantitative estimate of drug-likeness (QED) is 0.847. The second-order valence-corrected chi connectivity index (χ2v) is 6.73. The van der Waals surface area contributed by atoms with Gasteiger partial charge in [0.15, 0.2) is 0 Å². The van der Waals surface area contributed by atoms with Crippen molar-refractivity contribution in [1.82, 2.24) is 0 Å². The molecule has 1 heterocycles. The lowest BCUT2D eigenvalue weighted by Crippen LogP contribution is -2.26. The molecule has 116 valence electrons. The third kappa shape index (κ3) is 4.52. The number of sulfonamides is 1. The summed E-state index contributed by atoms with van der Waals surface area (Å²) in [6.07, 6.45) is 2.87. The van der Waals surface area contributed by atoms with E-state index in [0.717, 1.165) is 19.3 Å². The number of benzene rings is 1. The molecule has 0 bridgehead atoms. The Morgan fingerprint density at radius 3 is 2.76 bits per heavy atom. The fourth-order valence-electron chi connectivity index (χ4n) is 2.22. The summed E-state index contributed by atoms with van der Waals surface area (Å²) in [4.78, 5) is 11.9. The maximum absolute atomic E-state index is 12.0. The topological polar surface area (TPSA) is 95.7 Å². The zero-order valence-electron chi connectivity index (χ0n) is 11.9. The maximum atomic E-state index is 12.0. The number of aryl methyl sites for hydroxylation is 1. The van der Waals surface area contributed by atoms with Crippen LogP contribution >= 0.6 is 0 Å². The number of carbonyl (C=O) groups excluding carboxylic acids is 1. The number of carbonyl (C=O) groups is 1. The Morgan fingerprint density at radius 2 is 2.14 bits per heavy atom. The van der Waals surface area contributed by atoms with E-state index in [-0.39, 0.29) is 23.2 Å². The van der Waals surface area contributed by atoms with Crippen LogP contribution in [0, 0.1) is 6.92 Å². The van der Waals surface area contributed by atoms with Crippen LogP contribution in [0.4, 0.5) is 0 Å². The molecule has 0 spiro atoms. The van der Waals surface area contributed by atoms with Crippen molar-refractivity contribution >= 4 is 16.0 Å². The molecule has 0 amide bonds. The highest BCUT2D eigenvalue weighted by molar-refractivity contribution is 7.89. The van der Waals surface area contributed by atoms with E-state index in [0.29, 0.717) is 12.2 Å². The summed E-state index contributed by atoms with van der Waals surface area (Å²) >= 11 is 0. The molecule has 2 N–H and O–H groups in total. The highest BCUT2D eigenvalue weighted by atomic mass is 32.2. The van der Waals surface area contributed by atoms with Crippen molar-refractivity contribution < 1.29 is 22.7 Å². The first-order valence-electron chi connectivity index (χ1n) is 6.79. The van der Waals surface area contributed by atoms with Gasteiger partial charge in [-0.3, -0.25) is 0 Å². The Labute approximate surface area is 124 Å². The van der Waals surface area contributed by atoms with Gasteiger partial charge in [-0.15, -0.1) is 0 Å². The van der Waals surface area contributed by atoms with Gasteiger partial charge in [-0.1, -0.05) is 0 Å². The molecular formula is C14H19NO5S. The summed E-state index contributed by atoms with van der Waals surface area (Å²) in [5, 5.41) is 5.09. The van der Waals surface area contributed by atoms with E-state index in [9.17, 15) is 13.2 Å². The minimum absolute atomic E-state index is 0.0785. The lowest BCUT2D eigenvalue weighted by Gasteiger charge is -2.22. The molecule has 0 aromatic heterocycles. The fraction of sp³-hybridized carbons (Fsp3) is 0.500. The number of hydrogen-bond donors (Lipinski definition) is 1. The highest BCUT2D eigenvalue weighted by Gasteiger charge is 2.18. The van der Waals surface area contributed by atoms with Crippen molar-refractivity contribution in [3.05, 3.63) is 29.3 Å². The van der Waals surface area contributed by atoms with E-state index in [1.54, 1.807) is 13.0 Å². The summed E-state index contributed by atoms with van der Waals surface area (Å²) in [5.41, 5.74) is 0.803. The second-order valence-electron chi connectivity index (χ2n) is 5.17. The molecule has 1 aromatic carbocycles. The van der Waals surface area contributed by atoms with Crippen LogP contribution in [-0.2, 0) is 19.5 Å². The predicted molar refractivity (Wildman–Crippen MR) is 76.4 cm³/mol. The molecule has 1 saturated heterocycles. The Balaban J connectivity index is 2.06. The number of nitrogens with two attached hydrogens (primary N) is 1. The first kappa shape index (κ1) is 15.9. The van der Waals surface area contributed by atoms with Gasteiger partial charge in [-0.05, 0) is 49.9 Å². The van der Waals surface area contributed by atoms with E-state index < -0.39 is 16.0 Å². The van der Waals surface area contributed by atoms with Crippen LogP contribution in [0.1, 0.15) is 35.2 Å². The molecule has 0 radical (unpaired) electrons. The van der Waals surface area contributed by atoms with Gasteiger partial charge in [0, 0.05) is 6.61 Å². The van der Waals surface area contributed by atoms with Crippen LogP contribution in [0.5, 0.6) is 0 Å². The van der Waals surface area contributed by atoms with Crippen molar-refractivity contribution in [3.8, 4) is 0 Å². The van der Waals surface area contributed by atoms with Crippen LogP contribution < -0.4 is 5.14 Å². The van der Waals surface area contributed by atoms with Gasteiger partial charge < -0.3 is 9.47 Å². The van der Waals surface area contributed by atoms with Crippen LogP contribution in [0.25, 0.3) is 0 Å². The molecule has 0 aliphatic carbocycles. The Hall–Kier alpha value is -1.44. The Morgan fingerprint density at radius 1 is 1.38 bits per heavy atom. The Kier molecular flexibility index (Phi) is 4.97. The third-order valence-electron chi connectivity index (χ3n) is 3.29. The SMILES string of the molecule is Cc1cc(C(=O)OCC2CCCCO2)cc(S(N)(=O)=O)c1. The fourth-order valence-corrected chi connectivity index (χ4v) is 2.86. The first-order chi connectivity index (χ1) is 9.86.